The summed E-state index contributed by atoms with van der Waals surface area (Å²) in [4.78, 5) is 19.5. The third-order valence-electron chi connectivity index (χ3n) is 6.23. The van der Waals surface area contributed by atoms with Crippen molar-refractivity contribution in [2.24, 2.45) is 7.05 Å². The second kappa shape index (κ2) is 7.52. The van der Waals surface area contributed by atoms with Gasteiger partial charge in [0.05, 0.1) is 37.1 Å². The van der Waals surface area contributed by atoms with Gasteiger partial charge in [0.15, 0.2) is 0 Å². The second-order valence-corrected chi connectivity index (χ2v) is 8.56. The number of aryl methyl sites for hydroxylation is 2. The van der Waals surface area contributed by atoms with Crippen LogP contribution in [0.5, 0.6) is 0 Å². The number of fused-ring (bicyclic) bond motifs is 1. The molecule has 2 fully saturated rings. The second-order valence-electron chi connectivity index (χ2n) is 8.56. The average molecular weight is 405 g/mol. The number of nitrogens with zero attached hydrogens (tertiary/aromatic N) is 3. The predicted octanol–water partition coefficient (Wildman–Crippen LogP) is 3.47. The van der Waals surface area contributed by atoms with Crippen LogP contribution in [0.3, 0.4) is 0 Å². The molecule has 6 heteroatoms. The van der Waals surface area contributed by atoms with Gasteiger partial charge in [-0.2, -0.15) is 0 Å². The van der Waals surface area contributed by atoms with E-state index in [1.54, 1.807) is 0 Å². The van der Waals surface area contributed by atoms with Crippen LogP contribution in [0.15, 0.2) is 48.7 Å². The van der Waals surface area contributed by atoms with Gasteiger partial charge in [-0.05, 0) is 31.5 Å². The van der Waals surface area contributed by atoms with Gasteiger partial charge in [-0.1, -0.05) is 24.3 Å². The molecule has 2 aromatic heterocycles. The molecular weight excluding hydrogens is 378 g/mol. The minimum absolute atomic E-state index is 0.0769. The molecular formula is C24H27N3O3. The Morgan fingerprint density at radius 1 is 1.23 bits per heavy atom. The Morgan fingerprint density at radius 2 is 2.07 bits per heavy atom. The number of rotatable bonds is 4. The highest BCUT2D eigenvalue weighted by atomic mass is 16.5. The van der Waals surface area contributed by atoms with E-state index in [1.165, 1.54) is 0 Å². The molecule has 3 aromatic rings. The van der Waals surface area contributed by atoms with Gasteiger partial charge in [0.1, 0.15) is 5.60 Å². The largest absolute Gasteiger partial charge is 0.372 e. The Labute approximate surface area is 176 Å². The summed E-state index contributed by atoms with van der Waals surface area (Å²) in [6.07, 6.45) is 3.76. The smallest absolute Gasteiger partial charge is 0.256 e. The maximum atomic E-state index is 13.1. The minimum atomic E-state index is -0.275. The topological polar surface area (TPSA) is 56.6 Å². The van der Waals surface area contributed by atoms with Crippen molar-refractivity contribution in [3.05, 3.63) is 65.6 Å². The Balaban J connectivity index is 1.22. The number of para-hydroxylation sites is 1. The van der Waals surface area contributed by atoms with E-state index in [2.05, 4.69) is 4.98 Å². The third kappa shape index (κ3) is 3.50. The van der Waals surface area contributed by atoms with Gasteiger partial charge in [0.2, 0.25) is 0 Å². The first-order chi connectivity index (χ1) is 14.5. The Hall–Kier alpha value is -2.70. The lowest BCUT2D eigenvalue weighted by molar-refractivity contribution is -0.188. The number of hydrogen-bond acceptors (Lipinski definition) is 4. The maximum Gasteiger partial charge on any atom is 0.256 e. The quantitative estimate of drug-likeness (QED) is 0.667. The molecule has 5 rings (SSSR count). The molecule has 1 aromatic carbocycles. The van der Waals surface area contributed by atoms with E-state index in [0.29, 0.717) is 26.3 Å². The van der Waals surface area contributed by atoms with Crippen molar-refractivity contribution in [1.82, 2.24) is 14.5 Å². The van der Waals surface area contributed by atoms with Crippen molar-refractivity contribution in [3.63, 3.8) is 0 Å². The van der Waals surface area contributed by atoms with E-state index in [-0.39, 0.29) is 17.6 Å². The first kappa shape index (κ1) is 19.3. The number of likely N-dealkylation sites (tertiary alicyclic amines) is 1. The zero-order valence-corrected chi connectivity index (χ0v) is 17.5. The SMILES string of the molecule is Cc1cccc(CO[C@H]2CCOC3(C2)CN(C(=O)c2cn(C)c4ccccc24)C3)n1. The van der Waals surface area contributed by atoms with Crippen LogP contribution in [0.25, 0.3) is 10.9 Å². The summed E-state index contributed by atoms with van der Waals surface area (Å²) < 4.78 is 14.3. The van der Waals surface area contributed by atoms with Crippen molar-refractivity contribution in [2.45, 2.75) is 38.1 Å². The summed E-state index contributed by atoms with van der Waals surface area (Å²) >= 11 is 0. The van der Waals surface area contributed by atoms with Gasteiger partial charge in [-0.15, -0.1) is 0 Å². The van der Waals surface area contributed by atoms with Gasteiger partial charge in [0.25, 0.3) is 5.91 Å². The van der Waals surface area contributed by atoms with Crippen LogP contribution in [-0.2, 0) is 23.1 Å². The molecule has 1 amide bonds. The minimum Gasteiger partial charge on any atom is -0.372 e. The van der Waals surface area contributed by atoms with Crippen LogP contribution in [0.2, 0.25) is 0 Å². The molecule has 0 N–H and O–H groups in total. The third-order valence-corrected chi connectivity index (χ3v) is 6.23. The summed E-state index contributed by atoms with van der Waals surface area (Å²) in [5, 5.41) is 1.00. The van der Waals surface area contributed by atoms with E-state index in [1.807, 2.05) is 72.1 Å². The zero-order valence-electron chi connectivity index (χ0n) is 17.5. The summed E-state index contributed by atoms with van der Waals surface area (Å²) in [6.45, 7) is 4.42. The molecule has 2 aliphatic rings. The zero-order chi connectivity index (χ0) is 20.7. The van der Waals surface area contributed by atoms with Crippen LogP contribution in [-0.4, -0.2) is 51.8 Å². The number of hydrogen-bond donors (Lipinski definition) is 0. The fraction of sp³-hybridized carbons (Fsp3) is 0.417. The number of carbonyl (C=O) groups excluding carboxylic acids is 1. The van der Waals surface area contributed by atoms with Crippen LogP contribution in [0.1, 0.15) is 34.6 Å². The fourth-order valence-corrected chi connectivity index (χ4v) is 4.70. The van der Waals surface area contributed by atoms with E-state index < -0.39 is 0 Å². The molecule has 1 atom stereocenters. The normalized spacial score (nSPS) is 20.5. The van der Waals surface area contributed by atoms with E-state index in [0.717, 1.165) is 40.7 Å². The predicted molar refractivity (Wildman–Crippen MR) is 114 cm³/mol. The highest BCUT2D eigenvalue weighted by molar-refractivity contribution is 6.07. The van der Waals surface area contributed by atoms with Gasteiger partial charge >= 0.3 is 0 Å². The molecule has 156 valence electrons. The van der Waals surface area contributed by atoms with Crippen molar-refractivity contribution < 1.29 is 14.3 Å². The maximum absolute atomic E-state index is 13.1. The average Bonchev–Trinajstić information content (AvgIpc) is 3.07. The number of aromatic nitrogens is 2. The Morgan fingerprint density at radius 3 is 2.90 bits per heavy atom. The number of amides is 1. The summed E-state index contributed by atoms with van der Waals surface area (Å²) in [5.74, 6) is 0.0769. The van der Waals surface area contributed by atoms with Gasteiger partial charge in [0, 0.05) is 42.9 Å². The van der Waals surface area contributed by atoms with Crippen molar-refractivity contribution >= 4 is 16.8 Å². The molecule has 1 spiro atoms. The first-order valence-corrected chi connectivity index (χ1v) is 10.5. The lowest BCUT2D eigenvalue weighted by Crippen LogP contribution is -2.67. The highest BCUT2D eigenvalue weighted by Gasteiger charge is 2.50. The Kier molecular flexibility index (Phi) is 4.83. The molecule has 4 heterocycles. The molecule has 2 aliphatic heterocycles. The molecule has 0 unspecified atom stereocenters. The highest BCUT2D eigenvalue weighted by Crippen LogP contribution is 2.37. The molecule has 0 saturated carbocycles. The monoisotopic (exact) mass is 405 g/mol. The molecule has 30 heavy (non-hydrogen) atoms. The van der Waals surface area contributed by atoms with E-state index >= 15 is 0 Å². The molecule has 2 saturated heterocycles. The van der Waals surface area contributed by atoms with Gasteiger partial charge in [-0.25, -0.2) is 0 Å². The van der Waals surface area contributed by atoms with E-state index in [9.17, 15) is 4.79 Å². The summed E-state index contributed by atoms with van der Waals surface area (Å²) in [5.41, 5.74) is 3.52. The number of pyridine rings is 1. The Bertz CT molecular complexity index is 1080. The van der Waals surface area contributed by atoms with Crippen LogP contribution in [0.4, 0.5) is 0 Å². The molecule has 0 aliphatic carbocycles. The molecule has 0 radical (unpaired) electrons. The van der Waals surface area contributed by atoms with Gasteiger partial charge in [-0.3, -0.25) is 9.78 Å². The lowest BCUT2D eigenvalue weighted by Gasteiger charge is -2.53. The van der Waals surface area contributed by atoms with E-state index in [4.69, 9.17) is 9.47 Å². The summed E-state index contributed by atoms with van der Waals surface area (Å²) in [6, 6.07) is 14.0. The van der Waals surface area contributed by atoms with Crippen molar-refractivity contribution in [2.75, 3.05) is 19.7 Å². The number of ether oxygens (including phenoxy) is 2. The van der Waals surface area contributed by atoms with Crippen LogP contribution >= 0.6 is 0 Å². The van der Waals surface area contributed by atoms with Crippen LogP contribution in [0, 0.1) is 6.92 Å². The molecule has 6 nitrogen and oxygen atoms in total. The summed E-state index contributed by atoms with van der Waals surface area (Å²) in [7, 11) is 1.98. The standard InChI is InChI=1S/C24H27N3O3/c1-17-6-5-7-18(25-17)14-29-19-10-11-30-24(12-19)15-27(16-24)23(28)21-13-26(2)22-9-4-3-8-20(21)22/h3-9,13,19H,10-12,14-16H2,1-2H3/t19-/m0/s1. The first-order valence-electron chi connectivity index (χ1n) is 10.5. The lowest BCUT2D eigenvalue weighted by atomic mass is 9.84. The number of benzene rings is 1. The van der Waals surface area contributed by atoms with Crippen molar-refractivity contribution in [3.8, 4) is 0 Å². The number of carbonyl (C=O) groups is 1. The fourth-order valence-electron chi connectivity index (χ4n) is 4.70. The van der Waals surface area contributed by atoms with Crippen molar-refractivity contribution in [1.29, 1.82) is 0 Å². The molecule has 0 bridgehead atoms. The van der Waals surface area contributed by atoms with Crippen LogP contribution < -0.4 is 0 Å². The van der Waals surface area contributed by atoms with Gasteiger partial charge < -0.3 is 18.9 Å².